The lowest BCUT2D eigenvalue weighted by Crippen LogP contribution is -2.03. The Hall–Kier alpha value is -8.03. The van der Waals surface area contributed by atoms with Crippen molar-refractivity contribution in [2.75, 3.05) is 0 Å². The molecule has 7 nitrogen and oxygen atoms in total. The molecule has 0 saturated carbocycles. The lowest BCUT2D eigenvalue weighted by molar-refractivity contribution is 1.01. The number of rotatable bonds is 11. The molecule has 3 aromatic heterocycles. The number of nitrogens with zero attached hydrogens (tertiary/aromatic N) is 7. The third-order valence-corrected chi connectivity index (χ3v) is 10.6. The van der Waals surface area contributed by atoms with E-state index in [0.717, 1.165) is 86.3 Å². The van der Waals surface area contributed by atoms with Gasteiger partial charge in [-0.15, -0.1) is 0 Å². The molecule has 3 heterocycles. The van der Waals surface area contributed by atoms with E-state index in [4.69, 9.17) is 15.0 Å². The highest BCUT2D eigenvalue weighted by Gasteiger charge is 2.17. The second-order valence-corrected chi connectivity index (χ2v) is 14.9. The van der Waals surface area contributed by atoms with Crippen LogP contribution in [0.3, 0.4) is 0 Å². The first-order valence-corrected chi connectivity index (χ1v) is 20.8. The summed E-state index contributed by atoms with van der Waals surface area (Å²) in [5.41, 5.74) is 12.3. The van der Waals surface area contributed by atoms with Gasteiger partial charge in [-0.25, -0.2) is 34.9 Å². The van der Waals surface area contributed by atoms with Crippen molar-refractivity contribution < 1.29 is 0 Å². The van der Waals surface area contributed by atoms with Gasteiger partial charge in [0.05, 0.1) is 0 Å². The monoisotopic (exact) mass is 801 g/mol. The summed E-state index contributed by atoms with van der Waals surface area (Å²) in [4.78, 5) is 33.8. The normalized spacial score (nSPS) is 15.2. The van der Waals surface area contributed by atoms with Gasteiger partial charge in [-0.1, -0.05) is 146 Å². The molecule has 62 heavy (non-hydrogen) atoms. The Morgan fingerprint density at radius 1 is 0.500 bits per heavy atom. The second-order valence-electron chi connectivity index (χ2n) is 14.9. The van der Waals surface area contributed by atoms with Gasteiger partial charge in [-0.05, 0) is 107 Å². The molecule has 0 spiro atoms. The molecule has 7 heteroatoms. The zero-order valence-corrected chi connectivity index (χ0v) is 34.4. The number of benzene rings is 5. The topological polar surface area (TPSA) is 90.2 Å². The van der Waals surface area contributed by atoms with Gasteiger partial charge in [-0.2, -0.15) is 0 Å². The van der Waals surface area contributed by atoms with E-state index in [-0.39, 0.29) is 0 Å². The van der Waals surface area contributed by atoms with E-state index in [9.17, 15) is 0 Å². The molecule has 0 saturated heterocycles. The van der Waals surface area contributed by atoms with Crippen molar-refractivity contribution >= 4 is 16.7 Å². The first-order valence-electron chi connectivity index (χ1n) is 20.8. The van der Waals surface area contributed by atoms with Crippen molar-refractivity contribution in [3.63, 3.8) is 0 Å². The minimum atomic E-state index is 0.576. The number of hydrogen-bond donors (Lipinski definition) is 0. The van der Waals surface area contributed by atoms with Gasteiger partial charge in [0.2, 0.25) is 0 Å². The Kier molecular flexibility index (Phi) is 12.0. The molecule has 0 amide bonds. The SMILES string of the molecule is C/C=C\C(=C/Cc1ccccc1)c1nc(-c2cccc(-c3ccccc3)c2)nc(-c2cc(C3=C/C=C(/c4ncccn4)CC/C=C\3)cc(-c3ccc(-c4ncccn4)cc3)c2)n1. The molecule has 1 aliphatic rings. The van der Waals surface area contributed by atoms with Crippen molar-refractivity contribution in [1.82, 2.24) is 34.9 Å². The van der Waals surface area contributed by atoms with Gasteiger partial charge in [0, 0.05) is 47.1 Å². The van der Waals surface area contributed by atoms with Crippen LogP contribution in [0.4, 0.5) is 0 Å². The zero-order chi connectivity index (χ0) is 41.9. The molecule has 0 radical (unpaired) electrons. The third-order valence-electron chi connectivity index (χ3n) is 10.6. The van der Waals surface area contributed by atoms with Crippen molar-refractivity contribution in [3.8, 4) is 56.4 Å². The van der Waals surface area contributed by atoms with Gasteiger partial charge in [-0.3, -0.25) is 0 Å². The molecule has 0 aliphatic heterocycles. The molecule has 0 N–H and O–H groups in total. The predicted molar refractivity (Wildman–Crippen MR) is 252 cm³/mol. The zero-order valence-electron chi connectivity index (χ0n) is 34.4. The second kappa shape index (κ2) is 18.9. The maximum absolute atomic E-state index is 5.28. The summed E-state index contributed by atoms with van der Waals surface area (Å²) in [6.45, 7) is 2.02. The molecule has 0 atom stereocenters. The Morgan fingerprint density at radius 3 is 1.84 bits per heavy atom. The van der Waals surface area contributed by atoms with Crippen molar-refractivity contribution in [2.45, 2.75) is 26.2 Å². The van der Waals surface area contributed by atoms with E-state index in [1.807, 2.05) is 37.3 Å². The Labute approximate surface area is 362 Å². The molecule has 298 valence electrons. The molecule has 0 unspecified atom stereocenters. The van der Waals surface area contributed by atoms with Crippen LogP contribution in [-0.4, -0.2) is 34.9 Å². The average Bonchev–Trinajstić information content (AvgIpc) is 3.34. The van der Waals surface area contributed by atoms with Crippen molar-refractivity contribution in [2.24, 2.45) is 0 Å². The number of hydrogen-bond acceptors (Lipinski definition) is 7. The molecule has 9 rings (SSSR count). The summed E-state index contributed by atoms with van der Waals surface area (Å²) in [6.07, 6.45) is 24.6. The molecule has 8 aromatic rings. The average molecular weight is 802 g/mol. The smallest absolute Gasteiger partial charge is 0.164 e. The quantitative estimate of drug-likeness (QED) is 0.120. The fourth-order valence-electron chi connectivity index (χ4n) is 7.46. The van der Waals surface area contributed by atoms with Crippen molar-refractivity contribution in [1.29, 1.82) is 0 Å². The molecule has 0 bridgehead atoms. The molecule has 5 aromatic carbocycles. The lowest BCUT2D eigenvalue weighted by atomic mass is 9.93. The minimum Gasteiger partial charge on any atom is -0.237 e. The van der Waals surface area contributed by atoms with Crippen LogP contribution in [0.2, 0.25) is 0 Å². The minimum absolute atomic E-state index is 0.576. The van der Waals surface area contributed by atoms with E-state index in [1.165, 1.54) is 5.56 Å². The van der Waals surface area contributed by atoms with Gasteiger partial charge >= 0.3 is 0 Å². The van der Waals surface area contributed by atoms with Crippen LogP contribution in [0.1, 0.15) is 42.5 Å². The Morgan fingerprint density at radius 2 is 1.10 bits per heavy atom. The van der Waals surface area contributed by atoms with Crippen LogP contribution in [0.15, 0.2) is 207 Å². The first-order chi connectivity index (χ1) is 30.7. The van der Waals surface area contributed by atoms with E-state index in [1.54, 1.807) is 24.8 Å². The largest absolute Gasteiger partial charge is 0.237 e. The summed E-state index contributed by atoms with van der Waals surface area (Å²) >= 11 is 0. The summed E-state index contributed by atoms with van der Waals surface area (Å²) in [7, 11) is 0. The van der Waals surface area contributed by atoms with E-state index >= 15 is 0 Å². The van der Waals surface area contributed by atoms with Gasteiger partial charge in [0.15, 0.2) is 29.1 Å². The summed E-state index contributed by atoms with van der Waals surface area (Å²) in [5.74, 6) is 3.20. The molecular weight excluding hydrogens is 759 g/mol. The van der Waals surface area contributed by atoms with Crippen LogP contribution in [0, 0.1) is 0 Å². The van der Waals surface area contributed by atoms with Gasteiger partial charge < -0.3 is 0 Å². The maximum atomic E-state index is 5.28. The summed E-state index contributed by atoms with van der Waals surface area (Å²) in [6, 6.07) is 47.9. The fourth-order valence-corrected chi connectivity index (χ4v) is 7.46. The van der Waals surface area contributed by atoms with Crippen molar-refractivity contribution in [3.05, 3.63) is 230 Å². The highest BCUT2D eigenvalue weighted by atomic mass is 15.0. The summed E-state index contributed by atoms with van der Waals surface area (Å²) < 4.78 is 0. The van der Waals surface area contributed by atoms with Crippen LogP contribution in [0.25, 0.3) is 73.1 Å². The fraction of sp³-hybridized carbons (Fsp3) is 0.0727. The van der Waals surface area contributed by atoms with Crippen LogP contribution in [0.5, 0.6) is 0 Å². The lowest BCUT2D eigenvalue weighted by Gasteiger charge is -2.14. The van der Waals surface area contributed by atoms with E-state index in [2.05, 4.69) is 172 Å². The van der Waals surface area contributed by atoms with Gasteiger partial charge in [0.1, 0.15) is 0 Å². The highest BCUT2D eigenvalue weighted by Crippen LogP contribution is 2.34. The molecular formula is C55H43N7. The van der Waals surface area contributed by atoms with E-state index in [0.29, 0.717) is 23.3 Å². The predicted octanol–water partition coefficient (Wildman–Crippen LogP) is 12.8. The maximum Gasteiger partial charge on any atom is 0.164 e. The van der Waals surface area contributed by atoms with Gasteiger partial charge in [0.25, 0.3) is 0 Å². The summed E-state index contributed by atoms with van der Waals surface area (Å²) in [5, 5.41) is 0. The number of allylic oxidation sites excluding steroid dienone is 10. The van der Waals surface area contributed by atoms with Crippen LogP contribution < -0.4 is 0 Å². The Balaban J connectivity index is 1.22. The van der Waals surface area contributed by atoms with Crippen LogP contribution in [-0.2, 0) is 6.42 Å². The Bertz CT molecular complexity index is 2950. The molecule has 0 fully saturated rings. The number of aromatic nitrogens is 7. The van der Waals surface area contributed by atoms with Crippen LogP contribution >= 0.6 is 0 Å². The van der Waals surface area contributed by atoms with E-state index < -0.39 is 0 Å². The molecule has 1 aliphatic carbocycles. The highest BCUT2D eigenvalue weighted by molar-refractivity contribution is 5.85. The standard InChI is InChI=1S/C55H43N7/c1-2-14-43(24-23-39-15-5-3-6-16-39)53-60-54(47-22-11-21-46(35-47)40-17-7-4-8-18-40)62-55(61-53)50-37-48(41-19-9-10-20-44(28-25-41)51-56-31-12-32-57-51)36-49(38-50)42-26-29-45(30-27-42)52-58-33-13-34-59-52/h2-9,11-19,21-22,24-38H,10,20,23H2,1H3/b14-2-,19-9-,41-25+,43-24+,44-28+. The third kappa shape index (κ3) is 9.38. The first kappa shape index (κ1) is 39.4.